The molecule has 0 radical (unpaired) electrons. The molecule has 0 aliphatic heterocycles. The van der Waals surface area contributed by atoms with E-state index in [1.54, 1.807) is 6.21 Å². The second-order valence-electron chi connectivity index (χ2n) is 5.43. The van der Waals surface area contributed by atoms with Crippen molar-refractivity contribution in [2.75, 3.05) is 6.61 Å². The van der Waals surface area contributed by atoms with Gasteiger partial charge in [-0.05, 0) is 62.5 Å². The van der Waals surface area contributed by atoms with Crippen molar-refractivity contribution in [1.82, 2.24) is 10.4 Å². The first kappa shape index (κ1) is 17.7. The molecule has 3 rings (SSSR count). The average Bonchev–Trinajstić information content (AvgIpc) is 2.97. The highest BCUT2D eigenvalue weighted by Crippen LogP contribution is 2.34. The number of halogens is 2. The number of rotatable bonds is 5. The number of H-pyrrole nitrogens is 1. The summed E-state index contributed by atoms with van der Waals surface area (Å²) in [7, 11) is 0. The van der Waals surface area contributed by atoms with Crippen LogP contribution in [0.5, 0.6) is 5.75 Å². The molecule has 128 valence electrons. The summed E-state index contributed by atoms with van der Waals surface area (Å²) in [5.74, 6) is 0.247. The van der Waals surface area contributed by atoms with Gasteiger partial charge in [0.1, 0.15) is 5.75 Å². The molecular formula is C18H15Br2N3O2. The van der Waals surface area contributed by atoms with E-state index in [2.05, 4.69) is 47.4 Å². The number of amides is 1. The minimum atomic E-state index is -0.338. The number of fused-ring (bicyclic) bond motifs is 1. The number of aryl methyl sites for hydroxylation is 1. The van der Waals surface area contributed by atoms with Crippen LogP contribution in [0.3, 0.4) is 0 Å². The van der Waals surface area contributed by atoms with E-state index in [1.807, 2.05) is 49.5 Å². The molecule has 0 atom stereocenters. The van der Waals surface area contributed by atoms with E-state index in [0.717, 1.165) is 31.0 Å². The van der Waals surface area contributed by atoms with Crippen LogP contribution in [0.2, 0.25) is 0 Å². The minimum Gasteiger partial charge on any atom is -0.481 e. The number of hydrazone groups is 1. The van der Waals surface area contributed by atoms with Crippen molar-refractivity contribution in [3.63, 3.8) is 0 Å². The van der Waals surface area contributed by atoms with Crippen molar-refractivity contribution in [1.29, 1.82) is 0 Å². The van der Waals surface area contributed by atoms with E-state index in [9.17, 15) is 4.79 Å². The summed E-state index contributed by atoms with van der Waals surface area (Å²) in [5.41, 5.74) is 5.47. The molecule has 1 aromatic heterocycles. The van der Waals surface area contributed by atoms with Gasteiger partial charge in [-0.2, -0.15) is 5.10 Å². The summed E-state index contributed by atoms with van der Waals surface area (Å²) in [6.45, 7) is 1.84. The quantitative estimate of drug-likeness (QED) is 0.430. The predicted octanol–water partition coefficient (Wildman–Crippen LogP) is 4.53. The van der Waals surface area contributed by atoms with E-state index in [-0.39, 0.29) is 12.5 Å². The number of nitrogens with zero attached hydrogens (tertiary/aromatic N) is 1. The number of carbonyl (C=O) groups excluding carboxylic acids is 1. The second kappa shape index (κ2) is 7.84. The first-order valence-electron chi connectivity index (χ1n) is 7.51. The summed E-state index contributed by atoms with van der Waals surface area (Å²) in [6.07, 6.45) is 3.45. The average molecular weight is 465 g/mol. The van der Waals surface area contributed by atoms with Crippen molar-refractivity contribution in [2.45, 2.75) is 6.92 Å². The summed E-state index contributed by atoms with van der Waals surface area (Å²) in [6, 6.07) is 11.7. The number of hydrogen-bond donors (Lipinski definition) is 2. The van der Waals surface area contributed by atoms with Crippen LogP contribution in [0, 0.1) is 6.92 Å². The predicted molar refractivity (Wildman–Crippen MR) is 106 cm³/mol. The molecule has 0 saturated heterocycles. The number of para-hydroxylation sites is 1. The maximum Gasteiger partial charge on any atom is 0.277 e. The van der Waals surface area contributed by atoms with Crippen molar-refractivity contribution >= 4 is 54.9 Å². The number of carbonyl (C=O) groups is 1. The Balaban J connectivity index is 1.58. The lowest BCUT2D eigenvalue weighted by molar-refractivity contribution is -0.123. The Bertz CT molecular complexity index is 927. The smallest absolute Gasteiger partial charge is 0.277 e. The molecule has 5 nitrogen and oxygen atoms in total. The van der Waals surface area contributed by atoms with Crippen LogP contribution < -0.4 is 10.2 Å². The molecule has 25 heavy (non-hydrogen) atoms. The molecule has 0 spiro atoms. The normalized spacial score (nSPS) is 11.2. The molecule has 1 amide bonds. The third-order valence-corrected chi connectivity index (χ3v) is 4.68. The number of aromatic amines is 1. The van der Waals surface area contributed by atoms with Crippen molar-refractivity contribution in [3.05, 3.63) is 62.7 Å². The standard InChI is InChI=1S/C18H15Br2N3O2/c1-11-6-14(19)18(15(20)7-11)25-10-17(24)23-22-9-12-8-21-16-5-3-2-4-13(12)16/h2-9,21H,10H2,1H3,(H,23,24)/b22-9+. The number of nitrogens with one attached hydrogen (secondary N) is 2. The molecule has 0 aliphatic carbocycles. The Labute approximate surface area is 161 Å². The third kappa shape index (κ3) is 4.29. The van der Waals surface area contributed by atoms with Gasteiger partial charge in [0.25, 0.3) is 5.91 Å². The molecule has 2 aromatic carbocycles. The van der Waals surface area contributed by atoms with Crippen molar-refractivity contribution in [3.8, 4) is 5.75 Å². The maximum absolute atomic E-state index is 11.9. The van der Waals surface area contributed by atoms with Crippen LogP contribution in [0.1, 0.15) is 11.1 Å². The zero-order valence-corrected chi connectivity index (χ0v) is 16.5. The van der Waals surface area contributed by atoms with Crippen LogP contribution in [0.25, 0.3) is 10.9 Å². The fourth-order valence-corrected chi connectivity index (χ4v) is 4.01. The van der Waals surface area contributed by atoms with E-state index in [1.165, 1.54) is 0 Å². The molecule has 0 saturated carbocycles. The van der Waals surface area contributed by atoms with E-state index in [0.29, 0.717) is 5.75 Å². The van der Waals surface area contributed by atoms with Gasteiger partial charge < -0.3 is 9.72 Å². The highest BCUT2D eigenvalue weighted by Gasteiger charge is 2.10. The SMILES string of the molecule is Cc1cc(Br)c(OCC(=O)N/N=C/c2c[nH]c3ccccc23)c(Br)c1. The molecule has 2 N–H and O–H groups in total. The Morgan fingerprint density at radius 2 is 2.00 bits per heavy atom. The molecule has 0 aliphatic rings. The van der Waals surface area contributed by atoms with E-state index < -0.39 is 0 Å². The highest BCUT2D eigenvalue weighted by molar-refractivity contribution is 9.11. The lowest BCUT2D eigenvalue weighted by Gasteiger charge is -2.10. The molecule has 1 heterocycles. The van der Waals surface area contributed by atoms with Crippen molar-refractivity contribution < 1.29 is 9.53 Å². The third-order valence-electron chi connectivity index (χ3n) is 3.50. The first-order chi connectivity index (χ1) is 12.0. The zero-order chi connectivity index (χ0) is 17.8. The fourth-order valence-electron chi connectivity index (χ4n) is 2.37. The number of hydrogen-bond acceptors (Lipinski definition) is 3. The maximum atomic E-state index is 11.9. The Morgan fingerprint density at radius 1 is 1.28 bits per heavy atom. The monoisotopic (exact) mass is 463 g/mol. The summed E-state index contributed by atoms with van der Waals surface area (Å²) in [4.78, 5) is 15.1. The van der Waals surface area contributed by atoms with Gasteiger partial charge in [-0.15, -0.1) is 0 Å². The molecule has 7 heteroatoms. The largest absolute Gasteiger partial charge is 0.481 e. The highest BCUT2D eigenvalue weighted by atomic mass is 79.9. The summed E-state index contributed by atoms with van der Waals surface area (Å²) >= 11 is 6.86. The molecule has 0 fully saturated rings. The number of benzene rings is 2. The molecule has 0 bridgehead atoms. The fraction of sp³-hybridized carbons (Fsp3) is 0.111. The van der Waals surface area contributed by atoms with Crippen LogP contribution in [-0.2, 0) is 4.79 Å². The zero-order valence-electron chi connectivity index (χ0n) is 13.3. The minimum absolute atomic E-state index is 0.133. The van der Waals surface area contributed by atoms with Gasteiger partial charge in [0.2, 0.25) is 0 Å². The van der Waals surface area contributed by atoms with E-state index in [4.69, 9.17) is 4.74 Å². The lowest BCUT2D eigenvalue weighted by atomic mass is 10.2. The van der Waals surface area contributed by atoms with Gasteiger partial charge in [0, 0.05) is 22.7 Å². The number of aromatic nitrogens is 1. The van der Waals surface area contributed by atoms with Crippen LogP contribution in [0.4, 0.5) is 0 Å². The summed E-state index contributed by atoms with van der Waals surface area (Å²) in [5, 5.41) is 5.03. The Hall–Kier alpha value is -2.12. The van der Waals surface area contributed by atoms with Gasteiger partial charge in [-0.1, -0.05) is 18.2 Å². The Kier molecular flexibility index (Phi) is 5.55. The topological polar surface area (TPSA) is 66.5 Å². The molecule has 3 aromatic rings. The van der Waals surface area contributed by atoms with Crippen LogP contribution in [-0.4, -0.2) is 23.7 Å². The van der Waals surface area contributed by atoms with Gasteiger partial charge >= 0.3 is 0 Å². The summed E-state index contributed by atoms with van der Waals surface area (Å²) < 4.78 is 7.13. The van der Waals surface area contributed by atoms with Crippen LogP contribution in [0.15, 0.2) is 56.6 Å². The number of ether oxygens (including phenoxy) is 1. The van der Waals surface area contributed by atoms with E-state index >= 15 is 0 Å². The van der Waals surface area contributed by atoms with Gasteiger partial charge in [0.15, 0.2) is 6.61 Å². The van der Waals surface area contributed by atoms with Gasteiger partial charge in [-0.25, -0.2) is 5.43 Å². The first-order valence-corrected chi connectivity index (χ1v) is 9.09. The molecular weight excluding hydrogens is 450 g/mol. The molecule has 0 unspecified atom stereocenters. The van der Waals surface area contributed by atoms with Crippen molar-refractivity contribution in [2.24, 2.45) is 5.10 Å². The second-order valence-corrected chi connectivity index (χ2v) is 7.14. The van der Waals surface area contributed by atoms with Gasteiger partial charge in [0.05, 0.1) is 15.2 Å². The van der Waals surface area contributed by atoms with Crippen LogP contribution >= 0.6 is 31.9 Å². The lowest BCUT2D eigenvalue weighted by Crippen LogP contribution is -2.24. The Morgan fingerprint density at radius 3 is 2.76 bits per heavy atom. The van der Waals surface area contributed by atoms with Gasteiger partial charge in [-0.3, -0.25) is 4.79 Å².